The van der Waals surface area contributed by atoms with E-state index in [1.54, 1.807) is 0 Å². The van der Waals surface area contributed by atoms with Crippen molar-refractivity contribution < 1.29 is 14.3 Å². The standard InChI is InChI=1S/C17H24N2O3/c20-17(18-10-9-14-6-2-1-3-7-14)19-11-5-4-8-15(19)16-21-12-13-22-16/h1-3,6-7,15-16H,4-5,8-13H2,(H,18,20)/t15-/m0/s1. The summed E-state index contributed by atoms with van der Waals surface area (Å²) in [7, 11) is 0. The topological polar surface area (TPSA) is 50.8 Å². The van der Waals surface area contributed by atoms with Crippen LogP contribution in [0.5, 0.6) is 0 Å². The van der Waals surface area contributed by atoms with Gasteiger partial charge >= 0.3 is 6.03 Å². The van der Waals surface area contributed by atoms with Gasteiger partial charge in [0.1, 0.15) is 0 Å². The molecule has 0 saturated carbocycles. The van der Waals surface area contributed by atoms with Crippen LogP contribution in [0, 0.1) is 0 Å². The molecule has 2 heterocycles. The Bertz CT molecular complexity index is 474. The van der Waals surface area contributed by atoms with Gasteiger partial charge in [0.15, 0.2) is 6.29 Å². The van der Waals surface area contributed by atoms with Gasteiger partial charge in [0, 0.05) is 13.1 Å². The number of benzene rings is 1. The van der Waals surface area contributed by atoms with Gasteiger partial charge in [-0.25, -0.2) is 4.79 Å². The molecule has 2 aliphatic rings. The highest BCUT2D eigenvalue weighted by Crippen LogP contribution is 2.24. The zero-order valence-electron chi connectivity index (χ0n) is 12.9. The molecule has 1 N–H and O–H groups in total. The number of urea groups is 1. The van der Waals surface area contributed by atoms with Gasteiger partial charge in [-0.15, -0.1) is 0 Å². The molecule has 2 fully saturated rings. The minimum Gasteiger partial charge on any atom is -0.348 e. The number of nitrogens with one attached hydrogen (secondary N) is 1. The monoisotopic (exact) mass is 304 g/mol. The second-order valence-corrected chi connectivity index (χ2v) is 5.83. The van der Waals surface area contributed by atoms with E-state index in [1.807, 2.05) is 23.1 Å². The van der Waals surface area contributed by atoms with Crippen LogP contribution in [-0.4, -0.2) is 49.6 Å². The molecule has 1 aromatic carbocycles. The van der Waals surface area contributed by atoms with Crippen LogP contribution in [0.25, 0.3) is 0 Å². The van der Waals surface area contributed by atoms with Gasteiger partial charge < -0.3 is 19.7 Å². The van der Waals surface area contributed by atoms with Crippen LogP contribution in [0.15, 0.2) is 30.3 Å². The largest absolute Gasteiger partial charge is 0.348 e. The molecule has 0 bridgehead atoms. The van der Waals surface area contributed by atoms with Gasteiger partial charge in [0.2, 0.25) is 0 Å². The Balaban J connectivity index is 1.51. The van der Waals surface area contributed by atoms with Crippen LogP contribution in [0.4, 0.5) is 4.79 Å². The molecule has 0 radical (unpaired) electrons. The van der Waals surface area contributed by atoms with Gasteiger partial charge in [-0.05, 0) is 31.2 Å². The molecular formula is C17H24N2O3. The molecule has 2 saturated heterocycles. The molecule has 0 unspecified atom stereocenters. The third-order valence-corrected chi connectivity index (χ3v) is 4.30. The first kappa shape index (κ1) is 15.3. The van der Waals surface area contributed by atoms with Crippen molar-refractivity contribution in [2.24, 2.45) is 0 Å². The number of ether oxygens (including phenoxy) is 2. The number of carbonyl (C=O) groups is 1. The van der Waals surface area contributed by atoms with Crippen LogP contribution < -0.4 is 5.32 Å². The number of hydrogen-bond donors (Lipinski definition) is 1. The number of carbonyl (C=O) groups excluding carboxylic acids is 1. The summed E-state index contributed by atoms with van der Waals surface area (Å²) in [6, 6.07) is 10.3. The summed E-state index contributed by atoms with van der Waals surface area (Å²) < 4.78 is 11.2. The minimum absolute atomic E-state index is 0.000249. The normalized spacial score (nSPS) is 22.7. The molecule has 0 spiro atoms. The maximum atomic E-state index is 12.5. The van der Waals surface area contributed by atoms with E-state index in [0.717, 1.165) is 32.2 Å². The first-order valence-electron chi connectivity index (χ1n) is 8.16. The highest BCUT2D eigenvalue weighted by atomic mass is 16.7. The summed E-state index contributed by atoms with van der Waals surface area (Å²) in [6.45, 7) is 2.69. The van der Waals surface area contributed by atoms with E-state index in [2.05, 4.69) is 17.4 Å². The Kier molecular flexibility index (Phi) is 5.29. The second-order valence-electron chi connectivity index (χ2n) is 5.83. The Labute approximate surface area is 131 Å². The lowest BCUT2D eigenvalue weighted by Gasteiger charge is -2.37. The second kappa shape index (κ2) is 7.61. The van der Waals surface area contributed by atoms with Crippen LogP contribution >= 0.6 is 0 Å². The number of hydrogen-bond acceptors (Lipinski definition) is 3. The van der Waals surface area contributed by atoms with Crippen LogP contribution in [0.1, 0.15) is 24.8 Å². The SMILES string of the molecule is O=C(NCCc1ccccc1)N1CCCC[C@H]1C1OCCO1. The Morgan fingerprint density at radius 1 is 1.18 bits per heavy atom. The maximum absolute atomic E-state index is 12.5. The van der Waals surface area contributed by atoms with Crippen molar-refractivity contribution in [3.8, 4) is 0 Å². The molecule has 1 atom stereocenters. The maximum Gasteiger partial charge on any atom is 0.317 e. The van der Waals surface area contributed by atoms with Gasteiger partial charge in [-0.1, -0.05) is 30.3 Å². The van der Waals surface area contributed by atoms with Crippen molar-refractivity contribution in [3.05, 3.63) is 35.9 Å². The smallest absolute Gasteiger partial charge is 0.317 e. The Morgan fingerprint density at radius 3 is 2.73 bits per heavy atom. The average Bonchev–Trinajstić information content (AvgIpc) is 3.10. The molecule has 22 heavy (non-hydrogen) atoms. The molecule has 3 rings (SSSR count). The van der Waals surface area contributed by atoms with Crippen molar-refractivity contribution in [3.63, 3.8) is 0 Å². The molecule has 0 aliphatic carbocycles. The summed E-state index contributed by atoms with van der Waals surface area (Å²) >= 11 is 0. The predicted octanol–water partition coefficient (Wildman–Crippen LogP) is 2.17. The predicted molar refractivity (Wildman–Crippen MR) is 83.6 cm³/mol. The van der Waals surface area contributed by atoms with E-state index >= 15 is 0 Å². The summed E-state index contributed by atoms with van der Waals surface area (Å²) in [4.78, 5) is 14.4. The van der Waals surface area contributed by atoms with Crippen LogP contribution in [0.3, 0.4) is 0 Å². The fourth-order valence-corrected chi connectivity index (χ4v) is 3.15. The van der Waals surface area contributed by atoms with Gasteiger partial charge in [0.05, 0.1) is 19.3 Å². The molecule has 5 heteroatoms. The number of piperidine rings is 1. The third kappa shape index (κ3) is 3.78. The minimum atomic E-state index is -0.250. The van der Waals surface area contributed by atoms with E-state index in [4.69, 9.17) is 9.47 Å². The lowest BCUT2D eigenvalue weighted by Crippen LogP contribution is -2.53. The van der Waals surface area contributed by atoms with E-state index in [-0.39, 0.29) is 18.4 Å². The van der Waals surface area contributed by atoms with Crippen molar-refractivity contribution in [2.75, 3.05) is 26.3 Å². The molecule has 5 nitrogen and oxygen atoms in total. The molecule has 2 amide bonds. The number of rotatable bonds is 4. The zero-order chi connectivity index (χ0) is 15.2. The lowest BCUT2D eigenvalue weighted by atomic mass is 10.0. The fraction of sp³-hybridized carbons (Fsp3) is 0.588. The van der Waals surface area contributed by atoms with Crippen molar-refractivity contribution in [2.45, 2.75) is 38.0 Å². The summed E-state index contributed by atoms with van der Waals surface area (Å²) in [6.07, 6.45) is 3.73. The highest BCUT2D eigenvalue weighted by molar-refractivity contribution is 5.74. The first-order valence-corrected chi connectivity index (χ1v) is 8.16. The summed E-state index contributed by atoms with van der Waals surface area (Å²) in [5, 5.41) is 3.03. The van der Waals surface area contributed by atoms with E-state index in [1.165, 1.54) is 5.56 Å². The molecule has 2 aliphatic heterocycles. The van der Waals surface area contributed by atoms with Gasteiger partial charge in [-0.2, -0.15) is 0 Å². The summed E-state index contributed by atoms with van der Waals surface area (Å²) in [5.41, 5.74) is 1.24. The van der Waals surface area contributed by atoms with E-state index in [0.29, 0.717) is 19.8 Å². The Morgan fingerprint density at radius 2 is 1.95 bits per heavy atom. The number of likely N-dealkylation sites (tertiary alicyclic amines) is 1. The number of amides is 2. The van der Waals surface area contributed by atoms with Crippen molar-refractivity contribution in [1.82, 2.24) is 10.2 Å². The van der Waals surface area contributed by atoms with Gasteiger partial charge in [-0.3, -0.25) is 0 Å². The van der Waals surface area contributed by atoms with Crippen LogP contribution in [-0.2, 0) is 15.9 Å². The van der Waals surface area contributed by atoms with Crippen molar-refractivity contribution >= 4 is 6.03 Å². The average molecular weight is 304 g/mol. The third-order valence-electron chi connectivity index (χ3n) is 4.30. The fourth-order valence-electron chi connectivity index (χ4n) is 3.15. The molecule has 0 aromatic heterocycles. The molecular weight excluding hydrogens is 280 g/mol. The molecule has 120 valence electrons. The lowest BCUT2D eigenvalue weighted by molar-refractivity contribution is -0.0982. The van der Waals surface area contributed by atoms with E-state index in [9.17, 15) is 4.79 Å². The van der Waals surface area contributed by atoms with E-state index < -0.39 is 0 Å². The van der Waals surface area contributed by atoms with Gasteiger partial charge in [0.25, 0.3) is 0 Å². The Hall–Kier alpha value is -1.59. The van der Waals surface area contributed by atoms with Crippen LogP contribution in [0.2, 0.25) is 0 Å². The van der Waals surface area contributed by atoms with Crippen molar-refractivity contribution in [1.29, 1.82) is 0 Å². The highest BCUT2D eigenvalue weighted by Gasteiger charge is 2.36. The quantitative estimate of drug-likeness (QED) is 0.927. The first-order chi connectivity index (χ1) is 10.8. The molecule has 1 aromatic rings. The summed E-state index contributed by atoms with van der Waals surface area (Å²) in [5.74, 6) is 0. The zero-order valence-corrected chi connectivity index (χ0v) is 12.9. The number of nitrogens with zero attached hydrogens (tertiary/aromatic N) is 1.